The van der Waals surface area contributed by atoms with Crippen LogP contribution in [0.25, 0.3) is 0 Å². The Hall–Kier alpha value is -2.09. The van der Waals surface area contributed by atoms with Gasteiger partial charge in [-0.1, -0.05) is 0 Å². The lowest BCUT2D eigenvalue weighted by atomic mass is 10.1. The third kappa shape index (κ3) is 2.72. The first-order valence-corrected chi connectivity index (χ1v) is 5.28. The number of rotatable bonds is 3. The van der Waals surface area contributed by atoms with Crippen molar-refractivity contribution in [2.75, 3.05) is 6.61 Å². The average Bonchev–Trinajstić information content (AvgIpc) is 2.25. The molecule has 1 heterocycles. The van der Waals surface area contributed by atoms with Crippen LogP contribution >= 0.6 is 0 Å². The molecule has 0 bridgehead atoms. The second-order valence-corrected chi connectivity index (χ2v) is 3.65. The lowest BCUT2D eigenvalue weighted by molar-refractivity contribution is -0.143. The molecule has 0 radical (unpaired) electrons. The van der Waals surface area contributed by atoms with E-state index in [-0.39, 0.29) is 18.7 Å². The van der Waals surface area contributed by atoms with Crippen molar-refractivity contribution in [3.63, 3.8) is 0 Å². The topological polar surface area (TPSA) is 72.1 Å². The standard InChI is InChI=1S/C12H14N2O3/c1-4-17-11(15)7-14-9(3)5-8(2)10(6-13)12(14)16/h5H,4,7H2,1-3H3. The van der Waals surface area contributed by atoms with Crippen molar-refractivity contribution in [2.45, 2.75) is 27.3 Å². The Morgan fingerprint density at radius 2 is 2.18 bits per heavy atom. The predicted octanol–water partition coefficient (Wildman–Crippen LogP) is 0.900. The van der Waals surface area contributed by atoms with Gasteiger partial charge in [-0.15, -0.1) is 0 Å². The number of hydrogen-bond donors (Lipinski definition) is 0. The Labute approximate surface area is 99.2 Å². The van der Waals surface area contributed by atoms with E-state index >= 15 is 0 Å². The van der Waals surface area contributed by atoms with Gasteiger partial charge in [-0.25, -0.2) is 0 Å². The first-order valence-electron chi connectivity index (χ1n) is 5.28. The molecule has 0 amide bonds. The van der Waals surface area contributed by atoms with Crippen molar-refractivity contribution in [2.24, 2.45) is 0 Å². The van der Waals surface area contributed by atoms with E-state index in [0.29, 0.717) is 11.3 Å². The molecule has 0 aromatic carbocycles. The minimum Gasteiger partial charge on any atom is -0.465 e. The fraction of sp³-hybridized carbons (Fsp3) is 0.417. The quantitative estimate of drug-likeness (QED) is 0.728. The molecule has 0 N–H and O–H groups in total. The summed E-state index contributed by atoms with van der Waals surface area (Å²) in [5.74, 6) is -0.481. The first kappa shape index (κ1) is 13.0. The van der Waals surface area contributed by atoms with E-state index < -0.39 is 11.5 Å². The molecule has 0 fully saturated rings. The van der Waals surface area contributed by atoms with Crippen molar-refractivity contribution in [1.82, 2.24) is 4.57 Å². The van der Waals surface area contributed by atoms with Gasteiger partial charge in [0.2, 0.25) is 0 Å². The summed E-state index contributed by atoms with van der Waals surface area (Å²) in [6.07, 6.45) is 0. The van der Waals surface area contributed by atoms with Crippen LogP contribution in [0.4, 0.5) is 0 Å². The van der Waals surface area contributed by atoms with Crippen LogP contribution in [0.15, 0.2) is 10.9 Å². The van der Waals surface area contributed by atoms with Gasteiger partial charge in [0, 0.05) is 5.69 Å². The van der Waals surface area contributed by atoms with Crippen LogP contribution in [0.1, 0.15) is 23.7 Å². The fourth-order valence-corrected chi connectivity index (χ4v) is 1.60. The van der Waals surface area contributed by atoms with Gasteiger partial charge in [-0.05, 0) is 32.4 Å². The molecule has 1 aromatic rings. The molecule has 0 unspecified atom stereocenters. The molecule has 0 spiro atoms. The predicted molar refractivity (Wildman–Crippen MR) is 61.5 cm³/mol. The summed E-state index contributed by atoms with van der Waals surface area (Å²) in [6.45, 7) is 5.22. The molecule has 0 atom stereocenters. The van der Waals surface area contributed by atoms with Gasteiger partial charge >= 0.3 is 5.97 Å². The Morgan fingerprint density at radius 1 is 1.53 bits per heavy atom. The number of carbonyl (C=O) groups excluding carboxylic acids is 1. The van der Waals surface area contributed by atoms with Gasteiger partial charge in [0.15, 0.2) is 0 Å². The summed E-state index contributed by atoms with van der Waals surface area (Å²) in [6, 6.07) is 3.56. The number of nitrogens with zero attached hydrogens (tertiary/aromatic N) is 2. The van der Waals surface area contributed by atoms with Crippen molar-refractivity contribution >= 4 is 5.97 Å². The van der Waals surface area contributed by atoms with E-state index in [1.807, 2.05) is 6.07 Å². The average molecular weight is 234 g/mol. The maximum absolute atomic E-state index is 11.9. The highest BCUT2D eigenvalue weighted by atomic mass is 16.5. The summed E-state index contributed by atoms with van der Waals surface area (Å²) < 4.78 is 6.03. The molecule has 0 aliphatic rings. The van der Waals surface area contributed by atoms with E-state index in [0.717, 1.165) is 0 Å². The smallest absolute Gasteiger partial charge is 0.326 e. The van der Waals surface area contributed by atoms with Gasteiger partial charge in [0.05, 0.1) is 6.61 Å². The summed E-state index contributed by atoms with van der Waals surface area (Å²) in [7, 11) is 0. The highest BCUT2D eigenvalue weighted by Gasteiger charge is 2.12. The Balaban J connectivity index is 3.22. The molecule has 0 saturated carbocycles. The van der Waals surface area contributed by atoms with Crippen LogP contribution in [0.5, 0.6) is 0 Å². The lowest BCUT2D eigenvalue weighted by Gasteiger charge is -2.10. The molecule has 17 heavy (non-hydrogen) atoms. The second-order valence-electron chi connectivity index (χ2n) is 3.65. The minimum absolute atomic E-state index is 0.0694. The van der Waals surface area contributed by atoms with Crippen LogP contribution in [0.2, 0.25) is 0 Å². The molecule has 0 aliphatic carbocycles. The first-order chi connectivity index (χ1) is 8.01. The van der Waals surface area contributed by atoms with E-state index in [2.05, 4.69) is 0 Å². The number of hydrogen-bond acceptors (Lipinski definition) is 4. The van der Waals surface area contributed by atoms with Gasteiger partial charge in [-0.3, -0.25) is 9.59 Å². The van der Waals surface area contributed by atoms with Gasteiger partial charge in [0.1, 0.15) is 18.2 Å². The number of nitriles is 1. The van der Waals surface area contributed by atoms with Crippen LogP contribution in [0.3, 0.4) is 0 Å². The highest BCUT2D eigenvalue weighted by Crippen LogP contribution is 2.05. The molecule has 0 aliphatic heterocycles. The molecule has 5 heteroatoms. The Morgan fingerprint density at radius 3 is 2.71 bits per heavy atom. The summed E-state index contributed by atoms with van der Waals surface area (Å²) in [5.41, 5.74) is 0.882. The molecule has 0 saturated heterocycles. The van der Waals surface area contributed by atoms with E-state index in [1.165, 1.54) is 4.57 Å². The van der Waals surface area contributed by atoms with Crippen molar-refractivity contribution in [3.8, 4) is 6.07 Å². The van der Waals surface area contributed by atoms with E-state index in [4.69, 9.17) is 10.00 Å². The normalized spacial score (nSPS) is 9.76. The second kappa shape index (κ2) is 5.30. The number of aromatic nitrogens is 1. The van der Waals surface area contributed by atoms with E-state index in [9.17, 15) is 9.59 Å². The van der Waals surface area contributed by atoms with E-state index in [1.54, 1.807) is 26.8 Å². The van der Waals surface area contributed by atoms with Gasteiger partial charge in [0.25, 0.3) is 5.56 Å². The summed E-state index contributed by atoms with van der Waals surface area (Å²) in [4.78, 5) is 23.3. The number of esters is 1. The largest absolute Gasteiger partial charge is 0.465 e. The molecule has 1 aromatic heterocycles. The maximum Gasteiger partial charge on any atom is 0.326 e. The van der Waals surface area contributed by atoms with Gasteiger partial charge in [-0.2, -0.15) is 5.26 Å². The third-order valence-electron chi connectivity index (χ3n) is 2.41. The number of ether oxygens (including phenoxy) is 1. The number of carbonyl (C=O) groups is 1. The molecule has 5 nitrogen and oxygen atoms in total. The Bertz CT molecular complexity index is 538. The fourth-order valence-electron chi connectivity index (χ4n) is 1.60. The van der Waals surface area contributed by atoms with Crippen molar-refractivity contribution in [3.05, 3.63) is 33.2 Å². The maximum atomic E-state index is 11.9. The van der Waals surface area contributed by atoms with Crippen molar-refractivity contribution < 1.29 is 9.53 Å². The third-order valence-corrected chi connectivity index (χ3v) is 2.41. The van der Waals surface area contributed by atoms with Crippen LogP contribution in [0, 0.1) is 25.2 Å². The number of pyridine rings is 1. The SMILES string of the molecule is CCOC(=O)Cn1c(C)cc(C)c(C#N)c1=O. The molecular weight excluding hydrogens is 220 g/mol. The molecule has 90 valence electrons. The zero-order valence-corrected chi connectivity index (χ0v) is 10.1. The summed E-state index contributed by atoms with van der Waals surface area (Å²) >= 11 is 0. The molecular formula is C12H14N2O3. The Kier molecular flexibility index (Phi) is 4.05. The van der Waals surface area contributed by atoms with Gasteiger partial charge < -0.3 is 9.30 Å². The lowest BCUT2D eigenvalue weighted by Crippen LogP contribution is -2.29. The minimum atomic E-state index is -0.481. The zero-order chi connectivity index (χ0) is 13.0. The zero-order valence-electron chi connectivity index (χ0n) is 10.1. The highest BCUT2D eigenvalue weighted by molar-refractivity contribution is 5.69. The summed E-state index contributed by atoms with van der Waals surface area (Å²) in [5, 5.41) is 8.87. The van der Waals surface area contributed by atoms with Crippen LogP contribution < -0.4 is 5.56 Å². The number of aryl methyl sites for hydroxylation is 2. The molecule has 1 rings (SSSR count). The van der Waals surface area contributed by atoms with Crippen LogP contribution in [-0.4, -0.2) is 17.1 Å². The monoisotopic (exact) mass is 234 g/mol. The van der Waals surface area contributed by atoms with Crippen molar-refractivity contribution in [1.29, 1.82) is 5.26 Å². The van der Waals surface area contributed by atoms with Crippen LogP contribution in [-0.2, 0) is 16.1 Å².